The number of H-pyrrole nitrogens is 1. The van der Waals surface area contributed by atoms with Gasteiger partial charge in [-0.3, -0.25) is 9.59 Å². The minimum Gasteiger partial charge on any atom is -0.454 e. The second-order valence-corrected chi connectivity index (χ2v) is 7.93. The molecule has 152 valence electrons. The number of hydrogen-bond acceptors (Lipinski definition) is 6. The third kappa shape index (κ3) is 3.52. The van der Waals surface area contributed by atoms with Gasteiger partial charge in [0.05, 0.1) is 5.56 Å². The molecule has 1 amide bonds. The summed E-state index contributed by atoms with van der Waals surface area (Å²) in [5, 5.41) is 3.09. The molecule has 7 nitrogen and oxygen atoms in total. The predicted molar refractivity (Wildman–Crippen MR) is 108 cm³/mol. The Kier molecular flexibility index (Phi) is 4.66. The van der Waals surface area contributed by atoms with E-state index >= 15 is 0 Å². The average molecular weight is 425 g/mol. The number of nitrogens with zero attached hydrogens (tertiary/aromatic N) is 1. The first-order chi connectivity index (χ1) is 14.6. The first-order valence-corrected chi connectivity index (χ1v) is 10.3. The smallest absolute Gasteiger partial charge is 0.257 e. The molecule has 2 N–H and O–H groups in total. The van der Waals surface area contributed by atoms with Crippen molar-refractivity contribution in [3.05, 3.63) is 75.3 Å². The van der Waals surface area contributed by atoms with Crippen LogP contribution in [0.3, 0.4) is 0 Å². The topological polar surface area (TPSA) is 93.3 Å². The lowest BCUT2D eigenvalue weighted by Crippen LogP contribution is -2.31. The Bertz CT molecular complexity index is 1200. The maximum atomic E-state index is 13.1. The van der Waals surface area contributed by atoms with Crippen LogP contribution in [-0.4, -0.2) is 22.7 Å². The van der Waals surface area contributed by atoms with Crippen LogP contribution in [0.5, 0.6) is 11.5 Å². The minimum atomic E-state index is -0.435. The number of nitrogens with one attached hydrogen (secondary N) is 2. The van der Waals surface area contributed by atoms with E-state index in [0.717, 1.165) is 11.1 Å². The van der Waals surface area contributed by atoms with Gasteiger partial charge >= 0.3 is 0 Å². The van der Waals surface area contributed by atoms with E-state index in [2.05, 4.69) is 15.3 Å². The Morgan fingerprint density at radius 3 is 2.73 bits per heavy atom. The number of carbonyl (C=O) groups is 1. The van der Waals surface area contributed by atoms with Crippen molar-refractivity contribution in [3.8, 4) is 11.5 Å². The number of carbonyl (C=O) groups excluding carboxylic acids is 1. The van der Waals surface area contributed by atoms with Crippen LogP contribution in [0.25, 0.3) is 0 Å². The summed E-state index contributed by atoms with van der Waals surface area (Å²) in [6, 6.07) is 11.5. The zero-order chi connectivity index (χ0) is 20.7. The highest BCUT2D eigenvalue weighted by Gasteiger charge is 2.32. The Labute approximate surface area is 174 Å². The van der Waals surface area contributed by atoms with E-state index in [1.54, 1.807) is 24.3 Å². The first kappa shape index (κ1) is 18.7. The predicted octanol–water partition coefficient (Wildman–Crippen LogP) is 3.40. The lowest BCUT2D eigenvalue weighted by molar-refractivity contribution is -0.116. The molecule has 0 aliphatic carbocycles. The van der Waals surface area contributed by atoms with Gasteiger partial charge in [-0.15, -0.1) is 0 Å². The summed E-state index contributed by atoms with van der Waals surface area (Å²) in [6.07, 6.45) is 0.138. The first-order valence-electron chi connectivity index (χ1n) is 9.27. The highest BCUT2D eigenvalue weighted by molar-refractivity contribution is 7.98. The molecular weight excluding hydrogens is 409 g/mol. The molecule has 0 radical (unpaired) electrons. The van der Waals surface area contributed by atoms with Crippen LogP contribution in [0.2, 0.25) is 0 Å². The van der Waals surface area contributed by atoms with Gasteiger partial charge in [0.15, 0.2) is 16.7 Å². The standard InChI is InChI=1S/C21H16FN3O4S/c22-13-4-1-11(2-5-13)9-30-21-24-19-18(20(27)25-21)14(8-17(26)23-19)12-3-6-15-16(7-12)29-10-28-15/h1-7,14H,8-10H2,(H2,23,24,25,26,27)/t14-/m1/s1. The van der Waals surface area contributed by atoms with Crippen LogP contribution in [-0.2, 0) is 10.5 Å². The minimum absolute atomic E-state index is 0.138. The summed E-state index contributed by atoms with van der Waals surface area (Å²) in [7, 11) is 0. The molecule has 3 aromatic rings. The molecule has 9 heteroatoms. The Balaban J connectivity index is 1.45. The van der Waals surface area contributed by atoms with Crippen LogP contribution < -0.4 is 20.3 Å². The monoisotopic (exact) mass is 425 g/mol. The largest absolute Gasteiger partial charge is 0.454 e. The molecule has 1 aromatic heterocycles. The highest BCUT2D eigenvalue weighted by Crippen LogP contribution is 2.40. The van der Waals surface area contributed by atoms with Gasteiger partial charge in [-0.05, 0) is 35.4 Å². The van der Waals surface area contributed by atoms with E-state index in [-0.39, 0.29) is 36.3 Å². The molecule has 0 saturated heterocycles. The molecular formula is C21H16FN3O4S. The van der Waals surface area contributed by atoms with Gasteiger partial charge in [-0.25, -0.2) is 9.37 Å². The number of halogens is 1. The lowest BCUT2D eigenvalue weighted by Gasteiger charge is -2.24. The number of benzene rings is 2. The molecule has 0 fully saturated rings. The van der Waals surface area contributed by atoms with Gasteiger partial charge in [-0.1, -0.05) is 30.0 Å². The Morgan fingerprint density at radius 2 is 1.90 bits per heavy atom. The van der Waals surface area contributed by atoms with E-state index < -0.39 is 5.92 Å². The quantitative estimate of drug-likeness (QED) is 0.492. The van der Waals surface area contributed by atoms with Crippen LogP contribution >= 0.6 is 11.8 Å². The molecule has 0 spiro atoms. The number of aromatic amines is 1. The fourth-order valence-electron chi connectivity index (χ4n) is 3.57. The van der Waals surface area contributed by atoms with Gasteiger partial charge in [0.2, 0.25) is 12.7 Å². The molecule has 2 aliphatic rings. The van der Waals surface area contributed by atoms with Crippen molar-refractivity contribution in [2.75, 3.05) is 12.1 Å². The van der Waals surface area contributed by atoms with Crippen molar-refractivity contribution in [1.29, 1.82) is 0 Å². The molecule has 2 aliphatic heterocycles. The number of aromatic nitrogens is 2. The van der Waals surface area contributed by atoms with Gasteiger partial charge in [0, 0.05) is 18.1 Å². The second kappa shape index (κ2) is 7.49. The Morgan fingerprint density at radius 1 is 1.10 bits per heavy atom. The number of thioether (sulfide) groups is 1. The van der Waals surface area contributed by atoms with E-state index in [0.29, 0.717) is 28.0 Å². The molecule has 0 saturated carbocycles. The van der Waals surface area contributed by atoms with E-state index in [1.807, 2.05) is 6.07 Å². The van der Waals surface area contributed by atoms with Crippen LogP contribution in [0.1, 0.15) is 29.0 Å². The average Bonchev–Trinajstić information content (AvgIpc) is 3.20. The van der Waals surface area contributed by atoms with E-state index in [4.69, 9.17) is 9.47 Å². The van der Waals surface area contributed by atoms with Crippen LogP contribution in [0, 0.1) is 5.82 Å². The summed E-state index contributed by atoms with van der Waals surface area (Å²) in [5.74, 6) is 1.05. The number of hydrogen-bond donors (Lipinski definition) is 2. The lowest BCUT2D eigenvalue weighted by atomic mass is 9.86. The maximum Gasteiger partial charge on any atom is 0.257 e. The molecule has 0 bridgehead atoms. The highest BCUT2D eigenvalue weighted by atomic mass is 32.2. The Hall–Kier alpha value is -3.33. The van der Waals surface area contributed by atoms with Crippen molar-refractivity contribution in [3.63, 3.8) is 0 Å². The van der Waals surface area contributed by atoms with Gasteiger partial charge in [-0.2, -0.15) is 0 Å². The molecule has 5 rings (SSSR count). The summed E-state index contributed by atoms with van der Waals surface area (Å²) < 4.78 is 23.8. The van der Waals surface area contributed by atoms with Crippen molar-refractivity contribution in [2.45, 2.75) is 23.2 Å². The third-order valence-corrected chi connectivity index (χ3v) is 5.96. The fraction of sp³-hybridized carbons (Fsp3) is 0.190. The fourth-order valence-corrected chi connectivity index (χ4v) is 4.38. The van der Waals surface area contributed by atoms with Crippen LogP contribution in [0.15, 0.2) is 52.4 Å². The van der Waals surface area contributed by atoms with Crippen LogP contribution in [0.4, 0.5) is 10.2 Å². The van der Waals surface area contributed by atoms with Crippen molar-refractivity contribution >= 4 is 23.5 Å². The van der Waals surface area contributed by atoms with E-state index in [1.165, 1.54) is 23.9 Å². The summed E-state index contributed by atoms with van der Waals surface area (Å²) in [6.45, 7) is 0.150. The molecule has 2 aromatic carbocycles. The second-order valence-electron chi connectivity index (χ2n) is 6.97. The van der Waals surface area contributed by atoms with Crippen molar-refractivity contribution in [1.82, 2.24) is 9.97 Å². The number of amides is 1. The molecule has 3 heterocycles. The normalized spacial score (nSPS) is 16.8. The van der Waals surface area contributed by atoms with E-state index in [9.17, 15) is 14.0 Å². The maximum absolute atomic E-state index is 13.1. The van der Waals surface area contributed by atoms with Gasteiger partial charge in [0.25, 0.3) is 5.56 Å². The summed E-state index contributed by atoms with van der Waals surface area (Å²) >= 11 is 1.30. The summed E-state index contributed by atoms with van der Waals surface area (Å²) in [5.41, 5.74) is 1.79. The van der Waals surface area contributed by atoms with Crippen molar-refractivity contribution in [2.24, 2.45) is 0 Å². The third-order valence-electron chi connectivity index (χ3n) is 5.02. The van der Waals surface area contributed by atoms with Crippen molar-refractivity contribution < 1.29 is 18.7 Å². The molecule has 0 unspecified atom stereocenters. The zero-order valence-electron chi connectivity index (χ0n) is 15.6. The summed E-state index contributed by atoms with van der Waals surface area (Å²) in [4.78, 5) is 32.5. The van der Waals surface area contributed by atoms with Gasteiger partial charge in [0.1, 0.15) is 11.6 Å². The molecule has 30 heavy (non-hydrogen) atoms. The number of fused-ring (bicyclic) bond motifs is 2. The zero-order valence-corrected chi connectivity index (χ0v) is 16.4. The van der Waals surface area contributed by atoms with Gasteiger partial charge < -0.3 is 19.8 Å². The molecule has 1 atom stereocenters. The number of anilines is 1. The number of rotatable bonds is 4. The number of ether oxygens (including phenoxy) is 2. The SMILES string of the molecule is O=C1C[C@H](c2ccc3c(c2)OCO3)c2c(nc(SCc3ccc(F)cc3)[nH]c2=O)N1.